The van der Waals surface area contributed by atoms with E-state index in [0.29, 0.717) is 5.89 Å². The summed E-state index contributed by atoms with van der Waals surface area (Å²) in [7, 11) is 0. The zero-order valence-electron chi connectivity index (χ0n) is 9.96. The quantitative estimate of drug-likeness (QED) is 0.937. The molecule has 1 aromatic carbocycles. The number of hydrogen-bond acceptors (Lipinski definition) is 3. The molecular weight excluding hydrogens is 280 g/mol. The van der Waals surface area contributed by atoms with E-state index in [-0.39, 0.29) is 0 Å². The standard InChI is InChI=1S/C13H15BrN2O/c1-3-15-7-11-8-17-13(16-11)10-4-5-12(14)9(2)6-10/h4-6,8,15H,3,7H2,1-2H3. The van der Waals surface area contributed by atoms with Gasteiger partial charge in [0.1, 0.15) is 6.26 Å². The molecular formula is C13H15BrN2O. The molecule has 0 bridgehead atoms. The maximum atomic E-state index is 5.48. The van der Waals surface area contributed by atoms with Gasteiger partial charge in [-0.3, -0.25) is 0 Å². The lowest BCUT2D eigenvalue weighted by Gasteiger charge is -2.00. The summed E-state index contributed by atoms with van der Waals surface area (Å²) in [5.41, 5.74) is 3.12. The summed E-state index contributed by atoms with van der Waals surface area (Å²) in [6, 6.07) is 6.08. The van der Waals surface area contributed by atoms with Crippen LogP contribution in [-0.2, 0) is 6.54 Å². The highest BCUT2D eigenvalue weighted by Gasteiger charge is 2.07. The second-order valence-electron chi connectivity index (χ2n) is 3.89. The monoisotopic (exact) mass is 294 g/mol. The SMILES string of the molecule is CCNCc1coc(-c2ccc(Br)c(C)c2)n1. The number of nitrogens with one attached hydrogen (secondary N) is 1. The fourth-order valence-electron chi connectivity index (χ4n) is 1.55. The van der Waals surface area contributed by atoms with Crippen molar-refractivity contribution in [1.82, 2.24) is 10.3 Å². The average molecular weight is 295 g/mol. The van der Waals surface area contributed by atoms with Crippen LogP contribution in [0.2, 0.25) is 0 Å². The number of nitrogens with zero attached hydrogens (tertiary/aromatic N) is 1. The highest BCUT2D eigenvalue weighted by Crippen LogP contribution is 2.24. The molecule has 2 rings (SSSR count). The largest absolute Gasteiger partial charge is 0.444 e. The van der Waals surface area contributed by atoms with E-state index in [1.54, 1.807) is 6.26 Å². The van der Waals surface area contributed by atoms with Gasteiger partial charge in [0, 0.05) is 16.6 Å². The topological polar surface area (TPSA) is 38.1 Å². The smallest absolute Gasteiger partial charge is 0.226 e. The van der Waals surface area contributed by atoms with Gasteiger partial charge in [0.05, 0.1) is 5.69 Å². The Labute approximate surface area is 109 Å². The zero-order chi connectivity index (χ0) is 12.3. The second-order valence-corrected chi connectivity index (χ2v) is 4.74. The number of aryl methyl sites for hydroxylation is 1. The molecule has 0 spiro atoms. The minimum atomic E-state index is 0.675. The third-order valence-electron chi connectivity index (χ3n) is 2.51. The van der Waals surface area contributed by atoms with Crippen molar-refractivity contribution in [2.45, 2.75) is 20.4 Å². The molecule has 1 N–H and O–H groups in total. The number of halogens is 1. The zero-order valence-corrected chi connectivity index (χ0v) is 11.5. The number of hydrogen-bond donors (Lipinski definition) is 1. The number of rotatable bonds is 4. The maximum absolute atomic E-state index is 5.48. The van der Waals surface area contributed by atoms with Gasteiger partial charge >= 0.3 is 0 Å². The van der Waals surface area contributed by atoms with E-state index in [2.05, 4.69) is 46.1 Å². The lowest BCUT2D eigenvalue weighted by atomic mass is 10.1. The highest BCUT2D eigenvalue weighted by molar-refractivity contribution is 9.10. The molecule has 0 aliphatic heterocycles. The van der Waals surface area contributed by atoms with Crippen molar-refractivity contribution in [2.24, 2.45) is 0 Å². The van der Waals surface area contributed by atoms with Gasteiger partial charge in [-0.1, -0.05) is 22.9 Å². The normalized spacial score (nSPS) is 10.8. The van der Waals surface area contributed by atoms with E-state index in [1.807, 2.05) is 12.1 Å². The van der Waals surface area contributed by atoms with Crippen LogP contribution in [0.4, 0.5) is 0 Å². The summed E-state index contributed by atoms with van der Waals surface area (Å²) in [4.78, 5) is 4.44. The summed E-state index contributed by atoms with van der Waals surface area (Å²) >= 11 is 3.48. The molecule has 1 aromatic heterocycles. The molecule has 0 aliphatic rings. The fraction of sp³-hybridized carbons (Fsp3) is 0.308. The van der Waals surface area contributed by atoms with Crippen LogP contribution in [0.15, 0.2) is 33.4 Å². The van der Waals surface area contributed by atoms with Crippen molar-refractivity contribution in [1.29, 1.82) is 0 Å². The Bertz CT molecular complexity index is 508. The Morgan fingerprint density at radius 1 is 1.41 bits per heavy atom. The molecule has 2 aromatic rings. The molecule has 0 saturated heterocycles. The first kappa shape index (κ1) is 12.3. The number of benzene rings is 1. The van der Waals surface area contributed by atoms with Crippen molar-refractivity contribution < 1.29 is 4.42 Å². The van der Waals surface area contributed by atoms with E-state index in [1.165, 1.54) is 5.56 Å². The molecule has 3 nitrogen and oxygen atoms in total. The molecule has 4 heteroatoms. The van der Waals surface area contributed by atoms with E-state index >= 15 is 0 Å². The first-order chi connectivity index (χ1) is 8.20. The van der Waals surface area contributed by atoms with Crippen LogP contribution in [0.25, 0.3) is 11.5 Å². The summed E-state index contributed by atoms with van der Waals surface area (Å²) in [5.74, 6) is 0.675. The first-order valence-electron chi connectivity index (χ1n) is 5.62. The lowest BCUT2D eigenvalue weighted by molar-refractivity contribution is 0.570. The minimum absolute atomic E-state index is 0.675. The van der Waals surface area contributed by atoms with Crippen LogP contribution in [-0.4, -0.2) is 11.5 Å². The predicted octanol–water partition coefficient (Wildman–Crippen LogP) is 3.52. The predicted molar refractivity (Wildman–Crippen MR) is 71.8 cm³/mol. The van der Waals surface area contributed by atoms with E-state index in [4.69, 9.17) is 4.42 Å². The average Bonchev–Trinajstić information content (AvgIpc) is 2.79. The lowest BCUT2D eigenvalue weighted by Crippen LogP contribution is -2.11. The Morgan fingerprint density at radius 3 is 2.94 bits per heavy atom. The molecule has 0 unspecified atom stereocenters. The molecule has 1 heterocycles. The van der Waals surface area contributed by atoms with Crippen molar-refractivity contribution in [2.75, 3.05) is 6.54 Å². The van der Waals surface area contributed by atoms with Crippen molar-refractivity contribution in [3.63, 3.8) is 0 Å². The van der Waals surface area contributed by atoms with Gasteiger partial charge < -0.3 is 9.73 Å². The van der Waals surface area contributed by atoms with Gasteiger partial charge in [0.15, 0.2) is 0 Å². The van der Waals surface area contributed by atoms with Crippen LogP contribution in [0, 0.1) is 6.92 Å². The second kappa shape index (κ2) is 5.47. The van der Waals surface area contributed by atoms with Gasteiger partial charge in [-0.2, -0.15) is 0 Å². The molecule has 17 heavy (non-hydrogen) atoms. The first-order valence-corrected chi connectivity index (χ1v) is 6.41. The van der Waals surface area contributed by atoms with Gasteiger partial charge in [-0.25, -0.2) is 4.98 Å². The van der Waals surface area contributed by atoms with Crippen molar-refractivity contribution in [3.8, 4) is 11.5 Å². The third kappa shape index (κ3) is 2.96. The van der Waals surface area contributed by atoms with Crippen molar-refractivity contribution >= 4 is 15.9 Å². The van der Waals surface area contributed by atoms with Crippen LogP contribution >= 0.6 is 15.9 Å². The summed E-state index contributed by atoms with van der Waals surface area (Å²) in [6.07, 6.45) is 1.70. The van der Waals surface area contributed by atoms with Crippen LogP contribution in [0.1, 0.15) is 18.2 Å². The molecule has 0 amide bonds. The van der Waals surface area contributed by atoms with Gasteiger partial charge in [0.2, 0.25) is 5.89 Å². The molecule has 0 fully saturated rings. The van der Waals surface area contributed by atoms with Crippen LogP contribution < -0.4 is 5.32 Å². The Morgan fingerprint density at radius 2 is 2.24 bits per heavy atom. The summed E-state index contributed by atoms with van der Waals surface area (Å²) in [6.45, 7) is 5.80. The van der Waals surface area contributed by atoms with E-state index in [9.17, 15) is 0 Å². The Balaban J connectivity index is 2.21. The third-order valence-corrected chi connectivity index (χ3v) is 3.40. The van der Waals surface area contributed by atoms with Gasteiger partial charge in [-0.15, -0.1) is 0 Å². The van der Waals surface area contributed by atoms with Gasteiger partial charge in [-0.05, 0) is 37.2 Å². The number of aromatic nitrogens is 1. The number of oxazole rings is 1. The van der Waals surface area contributed by atoms with Crippen LogP contribution in [0.5, 0.6) is 0 Å². The summed E-state index contributed by atoms with van der Waals surface area (Å²) < 4.78 is 6.57. The summed E-state index contributed by atoms with van der Waals surface area (Å²) in [5, 5.41) is 3.22. The van der Waals surface area contributed by atoms with Crippen LogP contribution in [0.3, 0.4) is 0 Å². The van der Waals surface area contributed by atoms with E-state index < -0.39 is 0 Å². The molecule has 0 aliphatic carbocycles. The Kier molecular flexibility index (Phi) is 3.97. The minimum Gasteiger partial charge on any atom is -0.444 e. The Hall–Kier alpha value is -1.13. The molecule has 0 radical (unpaired) electrons. The van der Waals surface area contributed by atoms with Gasteiger partial charge in [0.25, 0.3) is 0 Å². The van der Waals surface area contributed by atoms with Crippen molar-refractivity contribution in [3.05, 3.63) is 40.2 Å². The highest BCUT2D eigenvalue weighted by atomic mass is 79.9. The molecule has 0 atom stereocenters. The molecule has 0 saturated carbocycles. The fourth-order valence-corrected chi connectivity index (χ4v) is 1.80. The molecule has 90 valence electrons. The van der Waals surface area contributed by atoms with E-state index in [0.717, 1.165) is 28.8 Å². The maximum Gasteiger partial charge on any atom is 0.226 e.